The molecular weight excluding hydrogens is 222 g/mol. The van der Waals surface area contributed by atoms with Gasteiger partial charge in [0.2, 0.25) is 0 Å². The van der Waals surface area contributed by atoms with Crippen molar-refractivity contribution in [2.24, 2.45) is 0 Å². The normalized spacial score (nSPS) is 10.3. The predicted molar refractivity (Wildman–Crippen MR) is 63.6 cm³/mol. The van der Waals surface area contributed by atoms with Gasteiger partial charge in [0.15, 0.2) is 0 Å². The molecule has 1 aromatic heterocycles. The molecular formula is C12H11NO2S. The minimum absolute atomic E-state index is 0.0452. The maximum absolute atomic E-state index is 10.6. The lowest BCUT2D eigenvalue weighted by Gasteiger charge is -1.99. The average molecular weight is 233 g/mol. The zero-order valence-electron chi connectivity index (χ0n) is 8.80. The average Bonchev–Trinajstić information content (AvgIpc) is 2.66. The Balaban J connectivity index is 2.32. The third kappa shape index (κ3) is 2.28. The van der Waals surface area contributed by atoms with Crippen LogP contribution in [0, 0.1) is 6.92 Å². The molecule has 0 bridgehead atoms. The lowest BCUT2D eigenvalue weighted by atomic mass is 10.1. The van der Waals surface area contributed by atoms with Crippen LogP contribution in [0.1, 0.15) is 10.4 Å². The summed E-state index contributed by atoms with van der Waals surface area (Å²) in [5, 5.41) is 9.56. The largest absolute Gasteiger partial charge is 0.481 e. The van der Waals surface area contributed by atoms with Gasteiger partial charge in [-0.25, -0.2) is 4.98 Å². The lowest BCUT2D eigenvalue weighted by Crippen LogP contribution is -1.97. The predicted octanol–water partition coefficient (Wildman–Crippen LogP) is 2.75. The van der Waals surface area contributed by atoms with E-state index in [0.717, 1.165) is 21.0 Å². The Morgan fingerprint density at radius 3 is 2.88 bits per heavy atom. The van der Waals surface area contributed by atoms with Gasteiger partial charge in [-0.15, -0.1) is 11.3 Å². The Labute approximate surface area is 97.4 Å². The smallest absolute Gasteiger partial charge is 0.308 e. The van der Waals surface area contributed by atoms with E-state index < -0.39 is 5.97 Å². The summed E-state index contributed by atoms with van der Waals surface area (Å²) >= 11 is 1.44. The van der Waals surface area contributed by atoms with E-state index in [4.69, 9.17) is 5.11 Å². The zero-order chi connectivity index (χ0) is 11.5. The molecule has 0 fully saturated rings. The van der Waals surface area contributed by atoms with Gasteiger partial charge >= 0.3 is 5.97 Å². The number of nitrogens with zero attached hydrogens (tertiary/aromatic N) is 1. The summed E-state index contributed by atoms with van der Waals surface area (Å²) in [6.45, 7) is 2.02. The molecule has 82 valence electrons. The number of aryl methyl sites for hydroxylation is 1. The van der Waals surface area contributed by atoms with Crippen molar-refractivity contribution < 1.29 is 9.90 Å². The van der Waals surface area contributed by atoms with Crippen molar-refractivity contribution in [1.82, 2.24) is 4.98 Å². The summed E-state index contributed by atoms with van der Waals surface area (Å²) in [5.74, 6) is -0.819. The second kappa shape index (κ2) is 4.45. The number of rotatable bonds is 3. The molecule has 1 aromatic carbocycles. The molecule has 4 heteroatoms. The Bertz CT molecular complexity index is 519. The number of carboxylic acid groups (broad SMARTS) is 1. The van der Waals surface area contributed by atoms with Gasteiger partial charge in [-0.2, -0.15) is 0 Å². The standard InChI is InChI=1S/C12H11NO2S/c1-8-4-2-3-5-10(8)12-13-7-9(16-12)6-11(14)15/h2-5,7H,6H2,1H3,(H,14,15). The Hall–Kier alpha value is -1.68. The minimum Gasteiger partial charge on any atom is -0.481 e. The first kappa shape index (κ1) is 10.8. The van der Waals surface area contributed by atoms with Gasteiger partial charge in [0.1, 0.15) is 5.01 Å². The number of benzene rings is 1. The molecule has 0 radical (unpaired) electrons. The van der Waals surface area contributed by atoms with Gasteiger partial charge in [-0.3, -0.25) is 4.79 Å². The van der Waals surface area contributed by atoms with Crippen LogP contribution >= 0.6 is 11.3 Å². The van der Waals surface area contributed by atoms with Crippen LogP contribution in [-0.4, -0.2) is 16.1 Å². The first-order valence-electron chi connectivity index (χ1n) is 4.89. The van der Waals surface area contributed by atoms with Crippen LogP contribution in [0.2, 0.25) is 0 Å². The molecule has 0 aliphatic carbocycles. The molecule has 0 spiro atoms. The third-order valence-corrected chi connectivity index (χ3v) is 3.29. The molecule has 2 aromatic rings. The maximum Gasteiger partial charge on any atom is 0.308 e. The SMILES string of the molecule is Cc1ccccc1-c1ncc(CC(=O)O)s1. The fourth-order valence-electron chi connectivity index (χ4n) is 1.48. The fourth-order valence-corrected chi connectivity index (χ4v) is 2.47. The van der Waals surface area contributed by atoms with Crippen LogP contribution in [0.15, 0.2) is 30.5 Å². The van der Waals surface area contributed by atoms with Crippen LogP contribution in [0.4, 0.5) is 0 Å². The topological polar surface area (TPSA) is 50.2 Å². The minimum atomic E-state index is -0.819. The molecule has 2 rings (SSSR count). The Kier molecular flexibility index (Phi) is 3.01. The van der Waals surface area contributed by atoms with E-state index in [1.165, 1.54) is 11.3 Å². The van der Waals surface area contributed by atoms with Crippen molar-refractivity contribution in [1.29, 1.82) is 0 Å². The van der Waals surface area contributed by atoms with Gasteiger partial charge < -0.3 is 5.11 Å². The monoisotopic (exact) mass is 233 g/mol. The van der Waals surface area contributed by atoms with Gasteiger partial charge in [0.05, 0.1) is 6.42 Å². The summed E-state index contributed by atoms with van der Waals surface area (Å²) < 4.78 is 0. The summed E-state index contributed by atoms with van der Waals surface area (Å²) in [7, 11) is 0. The molecule has 1 N–H and O–H groups in total. The van der Waals surface area contributed by atoms with Crippen molar-refractivity contribution in [3.05, 3.63) is 40.9 Å². The number of aliphatic carboxylic acids is 1. The molecule has 0 unspecified atom stereocenters. The molecule has 0 aliphatic rings. The highest BCUT2D eigenvalue weighted by atomic mass is 32.1. The second-order valence-electron chi connectivity index (χ2n) is 3.52. The summed E-state index contributed by atoms with van der Waals surface area (Å²) in [6, 6.07) is 7.96. The number of carbonyl (C=O) groups is 1. The second-order valence-corrected chi connectivity index (χ2v) is 4.63. The fraction of sp³-hybridized carbons (Fsp3) is 0.167. The lowest BCUT2D eigenvalue weighted by molar-refractivity contribution is -0.136. The van der Waals surface area contributed by atoms with Crippen LogP contribution in [-0.2, 0) is 11.2 Å². The Morgan fingerprint density at radius 2 is 2.19 bits per heavy atom. The highest BCUT2D eigenvalue weighted by Gasteiger charge is 2.08. The molecule has 0 aliphatic heterocycles. The zero-order valence-corrected chi connectivity index (χ0v) is 9.62. The highest BCUT2D eigenvalue weighted by molar-refractivity contribution is 7.15. The summed E-state index contributed by atoms with van der Waals surface area (Å²) in [6.07, 6.45) is 1.68. The Morgan fingerprint density at radius 1 is 1.44 bits per heavy atom. The number of hydrogen-bond donors (Lipinski definition) is 1. The van der Waals surface area contributed by atoms with Crippen LogP contribution < -0.4 is 0 Å². The van der Waals surface area contributed by atoms with E-state index in [1.807, 2.05) is 31.2 Å². The van der Waals surface area contributed by atoms with E-state index >= 15 is 0 Å². The summed E-state index contributed by atoms with van der Waals surface area (Å²) in [5.41, 5.74) is 2.22. The van der Waals surface area contributed by atoms with Gasteiger partial charge in [-0.05, 0) is 12.5 Å². The maximum atomic E-state index is 10.6. The number of aromatic nitrogens is 1. The number of thiazole rings is 1. The molecule has 0 saturated carbocycles. The van der Waals surface area contributed by atoms with Crippen molar-refractivity contribution in [2.75, 3.05) is 0 Å². The molecule has 0 amide bonds. The molecule has 0 saturated heterocycles. The summed E-state index contributed by atoms with van der Waals surface area (Å²) in [4.78, 5) is 15.6. The van der Waals surface area contributed by atoms with E-state index in [9.17, 15) is 4.79 Å². The van der Waals surface area contributed by atoms with E-state index in [2.05, 4.69) is 4.98 Å². The van der Waals surface area contributed by atoms with Crippen molar-refractivity contribution in [2.45, 2.75) is 13.3 Å². The van der Waals surface area contributed by atoms with Crippen LogP contribution in [0.3, 0.4) is 0 Å². The highest BCUT2D eigenvalue weighted by Crippen LogP contribution is 2.27. The van der Waals surface area contributed by atoms with Crippen molar-refractivity contribution in [3.63, 3.8) is 0 Å². The first-order valence-corrected chi connectivity index (χ1v) is 5.71. The van der Waals surface area contributed by atoms with E-state index in [0.29, 0.717) is 0 Å². The molecule has 3 nitrogen and oxygen atoms in total. The van der Waals surface area contributed by atoms with Crippen LogP contribution in [0.5, 0.6) is 0 Å². The van der Waals surface area contributed by atoms with Crippen molar-refractivity contribution in [3.8, 4) is 10.6 Å². The van der Waals surface area contributed by atoms with Gasteiger partial charge in [0.25, 0.3) is 0 Å². The van der Waals surface area contributed by atoms with E-state index in [1.54, 1.807) is 6.20 Å². The van der Waals surface area contributed by atoms with Crippen molar-refractivity contribution >= 4 is 17.3 Å². The third-order valence-electron chi connectivity index (χ3n) is 2.25. The molecule has 1 heterocycles. The first-order chi connectivity index (χ1) is 7.66. The molecule has 0 atom stereocenters. The van der Waals surface area contributed by atoms with Gasteiger partial charge in [0, 0.05) is 16.6 Å². The number of carboxylic acids is 1. The van der Waals surface area contributed by atoms with Gasteiger partial charge in [-0.1, -0.05) is 24.3 Å². The molecule has 16 heavy (non-hydrogen) atoms. The van der Waals surface area contributed by atoms with E-state index in [-0.39, 0.29) is 6.42 Å². The van der Waals surface area contributed by atoms with Crippen LogP contribution in [0.25, 0.3) is 10.6 Å². The quantitative estimate of drug-likeness (QED) is 0.886. The number of hydrogen-bond acceptors (Lipinski definition) is 3.